The summed E-state index contributed by atoms with van der Waals surface area (Å²) in [5.41, 5.74) is 15.4. The lowest BCUT2D eigenvalue weighted by molar-refractivity contribution is 1.26. The van der Waals surface area contributed by atoms with Gasteiger partial charge in [-0.05, 0) is 99.8 Å². The number of anilines is 3. The van der Waals surface area contributed by atoms with Crippen molar-refractivity contribution in [2.24, 2.45) is 0 Å². The predicted octanol–water partition coefficient (Wildman–Crippen LogP) is 13.7. The van der Waals surface area contributed by atoms with Gasteiger partial charge in [0.15, 0.2) is 0 Å². The van der Waals surface area contributed by atoms with E-state index in [1.165, 1.54) is 33.0 Å². The highest BCUT2D eigenvalue weighted by Gasteiger charge is 2.18. The fourth-order valence-corrected chi connectivity index (χ4v) is 7.30. The Kier molecular flexibility index (Phi) is 8.80. The molecule has 54 heavy (non-hydrogen) atoms. The Labute approximate surface area is 316 Å². The first-order valence-electron chi connectivity index (χ1n) is 18.3. The molecule has 2 heterocycles. The fourth-order valence-electron chi connectivity index (χ4n) is 7.30. The van der Waals surface area contributed by atoms with E-state index in [4.69, 9.17) is 9.97 Å². The molecule has 3 nitrogen and oxygen atoms in total. The number of nitrogens with zero attached hydrogens (tertiary/aromatic N) is 3. The first-order valence-corrected chi connectivity index (χ1v) is 18.3. The zero-order chi connectivity index (χ0) is 36.3. The molecule has 9 rings (SSSR count). The molecule has 0 N–H and O–H groups in total. The average Bonchev–Trinajstić information content (AvgIpc) is 3.25. The van der Waals surface area contributed by atoms with E-state index in [0.29, 0.717) is 0 Å². The molecule has 0 aliphatic rings. The van der Waals surface area contributed by atoms with Gasteiger partial charge in [-0.1, -0.05) is 146 Å². The summed E-state index contributed by atoms with van der Waals surface area (Å²) < 4.78 is 0. The summed E-state index contributed by atoms with van der Waals surface area (Å²) in [6.45, 7) is 2.12. The van der Waals surface area contributed by atoms with Crippen LogP contribution < -0.4 is 4.90 Å². The van der Waals surface area contributed by atoms with Crippen molar-refractivity contribution in [1.29, 1.82) is 0 Å². The maximum atomic E-state index is 4.91. The lowest BCUT2D eigenvalue weighted by atomic mass is 9.99. The van der Waals surface area contributed by atoms with Crippen molar-refractivity contribution in [2.75, 3.05) is 4.90 Å². The second-order valence-electron chi connectivity index (χ2n) is 13.6. The van der Waals surface area contributed by atoms with E-state index in [1.807, 2.05) is 18.5 Å². The molecule has 0 atom stereocenters. The molecule has 2 aromatic heterocycles. The topological polar surface area (TPSA) is 29.0 Å². The molecule has 9 aromatic rings. The van der Waals surface area contributed by atoms with E-state index in [9.17, 15) is 0 Å². The fraction of sp³-hybridized carbons (Fsp3) is 0.0196. The lowest BCUT2D eigenvalue weighted by Gasteiger charge is -2.27. The highest BCUT2D eigenvalue weighted by atomic mass is 15.1. The molecule has 0 fully saturated rings. The van der Waals surface area contributed by atoms with Crippen LogP contribution in [-0.4, -0.2) is 9.97 Å². The van der Waals surface area contributed by atoms with Gasteiger partial charge in [0, 0.05) is 40.3 Å². The van der Waals surface area contributed by atoms with Gasteiger partial charge in [-0.3, -0.25) is 9.97 Å². The maximum Gasteiger partial charge on any atom is 0.0709 e. The van der Waals surface area contributed by atoms with Gasteiger partial charge in [-0.15, -0.1) is 0 Å². The van der Waals surface area contributed by atoms with E-state index < -0.39 is 0 Å². The molecule has 0 amide bonds. The molecule has 0 saturated carbocycles. The molecule has 7 aromatic carbocycles. The van der Waals surface area contributed by atoms with Crippen LogP contribution >= 0.6 is 0 Å². The number of fused-ring (bicyclic) bond motifs is 1. The molecule has 0 radical (unpaired) electrons. The lowest BCUT2D eigenvalue weighted by Crippen LogP contribution is -2.11. The molecule has 256 valence electrons. The third-order valence-electron chi connectivity index (χ3n) is 10.1. The van der Waals surface area contributed by atoms with E-state index in [2.05, 4.69) is 200 Å². The smallest absolute Gasteiger partial charge is 0.0709 e. The summed E-state index contributed by atoms with van der Waals surface area (Å²) in [4.78, 5) is 12.1. The van der Waals surface area contributed by atoms with Crippen LogP contribution in [0.2, 0.25) is 0 Å². The third-order valence-corrected chi connectivity index (χ3v) is 10.1. The van der Waals surface area contributed by atoms with Crippen LogP contribution in [0.15, 0.2) is 207 Å². The van der Waals surface area contributed by atoms with Crippen molar-refractivity contribution in [1.82, 2.24) is 9.97 Å². The highest BCUT2D eigenvalue weighted by molar-refractivity contribution is 5.99. The quantitative estimate of drug-likeness (QED) is 0.159. The number of aryl methyl sites for hydroxylation is 1. The maximum absolute atomic E-state index is 4.91. The Morgan fingerprint density at radius 2 is 0.926 bits per heavy atom. The minimum absolute atomic E-state index is 0.922. The van der Waals surface area contributed by atoms with Gasteiger partial charge < -0.3 is 4.90 Å². The van der Waals surface area contributed by atoms with Crippen molar-refractivity contribution < 1.29 is 0 Å². The minimum atomic E-state index is 0.922. The Morgan fingerprint density at radius 1 is 0.389 bits per heavy atom. The summed E-state index contributed by atoms with van der Waals surface area (Å²) in [7, 11) is 0. The number of aromatic nitrogens is 2. The number of benzene rings is 7. The van der Waals surface area contributed by atoms with Crippen LogP contribution in [0.1, 0.15) is 5.56 Å². The average molecular weight is 692 g/mol. The van der Waals surface area contributed by atoms with Crippen LogP contribution in [0, 0.1) is 6.92 Å². The SMILES string of the molecule is Cc1cnc(-c2cccc(N(c3cccc(-c4cc(-c5ccc(-c6ccccc6)cc5)ccn4)c3)c3cccc4ccccc34)c2)cc1-c1ccccc1. The van der Waals surface area contributed by atoms with Crippen molar-refractivity contribution in [2.45, 2.75) is 6.92 Å². The first-order chi connectivity index (χ1) is 26.7. The third kappa shape index (κ3) is 6.55. The van der Waals surface area contributed by atoms with Gasteiger partial charge in [0.25, 0.3) is 0 Å². The summed E-state index contributed by atoms with van der Waals surface area (Å²) in [5, 5.41) is 2.36. The second-order valence-corrected chi connectivity index (χ2v) is 13.6. The van der Waals surface area contributed by atoms with E-state index >= 15 is 0 Å². The van der Waals surface area contributed by atoms with Gasteiger partial charge in [0.05, 0.1) is 17.1 Å². The van der Waals surface area contributed by atoms with E-state index in [1.54, 1.807) is 0 Å². The first kappa shape index (κ1) is 32.8. The van der Waals surface area contributed by atoms with Crippen LogP contribution in [0.3, 0.4) is 0 Å². The zero-order valence-corrected chi connectivity index (χ0v) is 30.0. The summed E-state index contributed by atoms with van der Waals surface area (Å²) >= 11 is 0. The van der Waals surface area contributed by atoms with Crippen LogP contribution in [-0.2, 0) is 0 Å². The van der Waals surface area contributed by atoms with Gasteiger partial charge in [-0.2, -0.15) is 0 Å². The molecule has 0 aliphatic carbocycles. The normalized spacial score (nSPS) is 11.1. The Balaban J connectivity index is 1.12. The number of hydrogen-bond acceptors (Lipinski definition) is 3. The molecule has 0 saturated heterocycles. The van der Waals surface area contributed by atoms with Crippen LogP contribution in [0.4, 0.5) is 17.1 Å². The zero-order valence-electron chi connectivity index (χ0n) is 30.0. The van der Waals surface area contributed by atoms with Crippen molar-refractivity contribution in [3.8, 4) is 55.9 Å². The molecular weight excluding hydrogens is 655 g/mol. The standard InChI is InChI=1S/C51H37N3/c1-36-35-53-50(34-48(36)41-15-6-3-7-16-41)44-20-11-22-46(32-44)54(51-24-12-18-40-17-8-9-23-47(40)51)45-21-10-19-43(31-45)49-33-42(29-30-52-49)39-27-25-38(26-28-39)37-13-4-2-5-14-37/h2-35H,1H3. The molecule has 0 spiro atoms. The highest BCUT2D eigenvalue weighted by Crippen LogP contribution is 2.41. The molecule has 0 aliphatic heterocycles. The largest absolute Gasteiger partial charge is 0.310 e. The van der Waals surface area contributed by atoms with Gasteiger partial charge in [0.1, 0.15) is 0 Å². The van der Waals surface area contributed by atoms with Crippen molar-refractivity contribution >= 4 is 27.8 Å². The van der Waals surface area contributed by atoms with Crippen LogP contribution in [0.5, 0.6) is 0 Å². The summed E-state index contributed by atoms with van der Waals surface area (Å²) in [5.74, 6) is 0. The number of hydrogen-bond donors (Lipinski definition) is 0. The summed E-state index contributed by atoms with van der Waals surface area (Å²) in [6.07, 6.45) is 3.89. The minimum Gasteiger partial charge on any atom is -0.310 e. The van der Waals surface area contributed by atoms with E-state index in [-0.39, 0.29) is 0 Å². The Hall–Kier alpha value is -7.10. The van der Waals surface area contributed by atoms with Crippen molar-refractivity contribution in [3.05, 3.63) is 212 Å². The summed E-state index contributed by atoms with van der Waals surface area (Å²) in [6, 6.07) is 68.8. The van der Waals surface area contributed by atoms with Gasteiger partial charge in [0.2, 0.25) is 0 Å². The van der Waals surface area contributed by atoms with E-state index in [0.717, 1.165) is 56.3 Å². The molecule has 0 unspecified atom stereocenters. The second kappa shape index (κ2) is 14.5. The monoisotopic (exact) mass is 691 g/mol. The molecule has 3 heteroatoms. The van der Waals surface area contributed by atoms with Gasteiger partial charge >= 0.3 is 0 Å². The molecular formula is C51H37N3. The predicted molar refractivity (Wildman–Crippen MR) is 226 cm³/mol. The Bertz CT molecular complexity index is 2710. The Morgan fingerprint density at radius 3 is 1.63 bits per heavy atom. The number of rotatable bonds is 8. The van der Waals surface area contributed by atoms with Gasteiger partial charge in [-0.25, -0.2) is 0 Å². The van der Waals surface area contributed by atoms with Crippen LogP contribution in [0.25, 0.3) is 66.7 Å². The molecule has 0 bridgehead atoms. The number of pyridine rings is 2. The van der Waals surface area contributed by atoms with Crippen molar-refractivity contribution in [3.63, 3.8) is 0 Å².